The Morgan fingerprint density at radius 1 is 1.47 bits per heavy atom. The summed E-state index contributed by atoms with van der Waals surface area (Å²) < 4.78 is 5.22. The largest absolute Gasteiger partial charge is 0.374 e. The molecule has 0 bridgehead atoms. The highest BCUT2D eigenvalue weighted by Crippen LogP contribution is 2.17. The Labute approximate surface area is 106 Å². The number of carbonyl (C=O) groups excluding carboxylic acids is 1. The molecule has 0 radical (unpaired) electrons. The van der Waals surface area contributed by atoms with E-state index in [2.05, 4.69) is 22.4 Å². The number of rotatable bonds is 7. The van der Waals surface area contributed by atoms with Crippen LogP contribution in [0.2, 0.25) is 0 Å². The Morgan fingerprint density at radius 3 is 2.88 bits per heavy atom. The van der Waals surface area contributed by atoms with Gasteiger partial charge in [-0.25, -0.2) is 0 Å². The van der Waals surface area contributed by atoms with Crippen molar-refractivity contribution in [1.29, 1.82) is 0 Å². The molecule has 0 saturated carbocycles. The van der Waals surface area contributed by atoms with Crippen molar-refractivity contribution >= 4 is 22.4 Å². The van der Waals surface area contributed by atoms with Crippen molar-refractivity contribution in [2.24, 2.45) is 5.92 Å². The first-order valence-electron chi connectivity index (χ1n) is 5.88. The molecule has 0 fully saturated rings. The van der Waals surface area contributed by atoms with E-state index < -0.39 is 0 Å². The van der Waals surface area contributed by atoms with Crippen LogP contribution in [0.3, 0.4) is 0 Å². The molecule has 0 aromatic carbocycles. The third kappa shape index (κ3) is 4.79. The number of aromatic nitrogens is 2. The number of hydrogen-bond donors (Lipinski definition) is 1. The summed E-state index contributed by atoms with van der Waals surface area (Å²) in [6, 6.07) is 0. The zero-order valence-corrected chi connectivity index (χ0v) is 11.3. The molecule has 96 valence electrons. The maximum atomic E-state index is 11.7. The van der Waals surface area contributed by atoms with Crippen molar-refractivity contribution < 1.29 is 9.53 Å². The van der Waals surface area contributed by atoms with E-state index >= 15 is 0 Å². The summed E-state index contributed by atoms with van der Waals surface area (Å²) >= 11 is 1.36. The van der Waals surface area contributed by atoms with Crippen molar-refractivity contribution in [2.75, 3.05) is 11.9 Å². The topological polar surface area (TPSA) is 64.1 Å². The van der Waals surface area contributed by atoms with Crippen LogP contribution in [-0.2, 0) is 16.1 Å². The lowest BCUT2D eigenvalue weighted by atomic mass is 10.1. The van der Waals surface area contributed by atoms with Crippen LogP contribution in [0.1, 0.15) is 38.6 Å². The summed E-state index contributed by atoms with van der Waals surface area (Å²) in [7, 11) is 0. The Kier molecular flexibility index (Phi) is 6.07. The Morgan fingerprint density at radius 2 is 2.24 bits per heavy atom. The lowest BCUT2D eigenvalue weighted by Crippen LogP contribution is -2.20. The van der Waals surface area contributed by atoms with Crippen LogP contribution in [0, 0.1) is 5.92 Å². The van der Waals surface area contributed by atoms with Crippen LogP contribution in [0.25, 0.3) is 0 Å². The molecule has 6 heteroatoms. The molecular weight excluding hydrogens is 238 g/mol. The maximum Gasteiger partial charge on any atom is 0.229 e. The molecule has 1 amide bonds. The molecule has 0 saturated heterocycles. The van der Waals surface area contributed by atoms with Crippen molar-refractivity contribution in [3.05, 3.63) is 5.01 Å². The van der Waals surface area contributed by atoms with Gasteiger partial charge in [-0.3, -0.25) is 4.79 Å². The Hall–Kier alpha value is -1.01. The minimum atomic E-state index is 0.00552. The fourth-order valence-electron chi connectivity index (χ4n) is 1.34. The minimum absolute atomic E-state index is 0.00552. The number of carbonyl (C=O) groups is 1. The smallest absolute Gasteiger partial charge is 0.229 e. The van der Waals surface area contributed by atoms with E-state index in [1.807, 2.05) is 13.8 Å². The van der Waals surface area contributed by atoms with Gasteiger partial charge in [-0.15, -0.1) is 10.2 Å². The molecule has 0 unspecified atom stereocenters. The van der Waals surface area contributed by atoms with Gasteiger partial charge in [-0.2, -0.15) is 0 Å². The number of anilines is 1. The predicted molar refractivity (Wildman–Crippen MR) is 67.9 cm³/mol. The highest BCUT2D eigenvalue weighted by Gasteiger charge is 2.14. The summed E-state index contributed by atoms with van der Waals surface area (Å²) in [4.78, 5) is 11.7. The standard InChI is InChI=1S/C11H19N3O2S/c1-4-6-8(3)10(15)12-11-14-13-9(17-11)7-16-5-2/h8H,4-7H2,1-3H3,(H,12,14,15)/t8-/m1/s1. The average molecular weight is 257 g/mol. The SMILES string of the molecule is CCC[C@@H](C)C(=O)Nc1nnc(COCC)s1. The fourth-order valence-corrected chi connectivity index (χ4v) is 2.02. The molecule has 5 nitrogen and oxygen atoms in total. The molecule has 0 aliphatic carbocycles. The minimum Gasteiger partial charge on any atom is -0.374 e. The highest BCUT2D eigenvalue weighted by atomic mass is 32.1. The predicted octanol–water partition coefficient (Wildman–Crippen LogP) is 2.45. The van der Waals surface area contributed by atoms with E-state index in [1.165, 1.54) is 11.3 Å². The molecule has 0 spiro atoms. The van der Waals surface area contributed by atoms with E-state index in [9.17, 15) is 4.79 Å². The van der Waals surface area contributed by atoms with Gasteiger partial charge in [0.2, 0.25) is 11.0 Å². The molecule has 1 N–H and O–H groups in total. The van der Waals surface area contributed by atoms with Crippen LogP contribution in [0.15, 0.2) is 0 Å². The van der Waals surface area contributed by atoms with Crippen LogP contribution >= 0.6 is 11.3 Å². The summed E-state index contributed by atoms with van der Waals surface area (Å²) in [5.41, 5.74) is 0. The molecule has 0 aliphatic rings. The monoisotopic (exact) mass is 257 g/mol. The number of ether oxygens (including phenoxy) is 1. The van der Waals surface area contributed by atoms with Gasteiger partial charge in [0.25, 0.3) is 0 Å². The first-order chi connectivity index (χ1) is 8.17. The average Bonchev–Trinajstić information content (AvgIpc) is 2.74. The third-order valence-corrected chi connectivity index (χ3v) is 3.11. The van der Waals surface area contributed by atoms with Gasteiger partial charge >= 0.3 is 0 Å². The van der Waals surface area contributed by atoms with Gasteiger partial charge in [0.1, 0.15) is 11.6 Å². The number of nitrogens with zero attached hydrogens (tertiary/aromatic N) is 2. The van der Waals surface area contributed by atoms with Crippen LogP contribution in [0.5, 0.6) is 0 Å². The fraction of sp³-hybridized carbons (Fsp3) is 0.727. The summed E-state index contributed by atoms with van der Waals surface area (Å²) in [6.07, 6.45) is 1.89. The summed E-state index contributed by atoms with van der Waals surface area (Å²) in [6.45, 7) is 7.01. The van der Waals surface area contributed by atoms with Gasteiger partial charge < -0.3 is 10.1 Å². The summed E-state index contributed by atoms with van der Waals surface area (Å²) in [5.74, 6) is 0.0187. The van der Waals surface area contributed by atoms with Gasteiger partial charge in [0, 0.05) is 12.5 Å². The third-order valence-electron chi connectivity index (χ3n) is 2.30. The second-order valence-corrected chi connectivity index (χ2v) is 4.88. The van der Waals surface area contributed by atoms with E-state index in [0.717, 1.165) is 17.8 Å². The Balaban J connectivity index is 2.45. The molecular formula is C11H19N3O2S. The number of hydrogen-bond acceptors (Lipinski definition) is 5. The van der Waals surface area contributed by atoms with Crippen LogP contribution in [-0.4, -0.2) is 22.7 Å². The molecule has 1 heterocycles. The Bertz CT molecular complexity index is 354. The molecule has 1 atom stereocenters. The second-order valence-electron chi connectivity index (χ2n) is 3.82. The van der Waals surface area contributed by atoms with Crippen molar-refractivity contribution in [2.45, 2.75) is 40.2 Å². The molecule has 1 rings (SSSR count). The maximum absolute atomic E-state index is 11.7. The molecule has 0 aliphatic heterocycles. The first kappa shape index (κ1) is 14.1. The first-order valence-corrected chi connectivity index (χ1v) is 6.70. The van der Waals surface area contributed by atoms with E-state index in [-0.39, 0.29) is 11.8 Å². The number of nitrogens with one attached hydrogen (secondary N) is 1. The lowest BCUT2D eigenvalue weighted by Gasteiger charge is -2.07. The van der Waals surface area contributed by atoms with E-state index in [1.54, 1.807) is 0 Å². The highest BCUT2D eigenvalue weighted by molar-refractivity contribution is 7.15. The van der Waals surface area contributed by atoms with E-state index in [0.29, 0.717) is 18.3 Å². The molecule has 1 aromatic heterocycles. The zero-order valence-electron chi connectivity index (χ0n) is 10.5. The van der Waals surface area contributed by atoms with Crippen LogP contribution < -0.4 is 5.32 Å². The van der Waals surface area contributed by atoms with Crippen molar-refractivity contribution in [3.63, 3.8) is 0 Å². The quantitative estimate of drug-likeness (QED) is 0.815. The van der Waals surface area contributed by atoms with Gasteiger partial charge in [-0.1, -0.05) is 31.6 Å². The van der Waals surface area contributed by atoms with Gasteiger partial charge in [0.15, 0.2) is 0 Å². The van der Waals surface area contributed by atoms with Crippen molar-refractivity contribution in [1.82, 2.24) is 10.2 Å². The van der Waals surface area contributed by atoms with E-state index in [4.69, 9.17) is 4.74 Å². The molecule has 1 aromatic rings. The number of amides is 1. The molecule has 17 heavy (non-hydrogen) atoms. The normalized spacial score (nSPS) is 12.4. The zero-order chi connectivity index (χ0) is 12.7. The second kappa shape index (κ2) is 7.34. The van der Waals surface area contributed by atoms with Crippen molar-refractivity contribution in [3.8, 4) is 0 Å². The summed E-state index contributed by atoms with van der Waals surface area (Å²) in [5, 5.41) is 12.0. The van der Waals surface area contributed by atoms with Gasteiger partial charge in [0.05, 0.1) is 0 Å². The van der Waals surface area contributed by atoms with Gasteiger partial charge in [-0.05, 0) is 13.3 Å². The van der Waals surface area contributed by atoms with Crippen LogP contribution in [0.4, 0.5) is 5.13 Å². The lowest BCUT2D eigenvalue weighted by molar-refractivity contribution is -0.119.